The van der Waals surface area contributed by atoms with Crippen LogP contribution in [0.1, 0.15) is 41.6 Å². The molecule has 1 aromatic carbocycles. The summed E-state index contributed by atoms with van der Waals surface area (Å²) in [6.45, 7) is 0.803. The highest BCUT2D eigenvalue weighted by Gasteiger charge is 2.28. The van der Waals surface area contributed by atoms with Gasteiger partial charge in [0.1, 0.15) is 5.75 Å². The normalized spacial score (nSPS) is 17.9. The lowest BCUT2D eigenvalue weighted by Crippen LogP contribution is -2.23. The average molecular weight is 273 g/mol. The van der Waals surface area contributed by atoms with Crippen LogP contribution in [-0.4, -0.2) is 31.5 Å². The third-order valence-corrected chi connectivity index (χ3v) is 4.13. The van der Waals surface area contributed by atoms with E-state index in [4.69, 9.17) is 4.74 Å². The first-order valence-corrected chi connectivity index (χ1v) is 7.61. The van der Waals surface area contributed by atoms with Gasteiger partial charge in [-0.15, -0.1) is 0 Å². The highest BCUT2D eigenvalue weighted by atomic mass is 16.5. The molecule has 20 heavy (non-hydrogen) atoms. The first-order valence-electron chi connectivity index (χ1n) is 7.61. The molecule has 0 aliphatic heterocycles. The molecule has 1 amide bonds. The molecular weight excluding hydrogens is 250 g/mol. The number of amides is 1. The second kappa shape index (κ2) is 5.47. The van der Waals surface area contributed by atoms with Gasteiger partial charge in [-0.05, 0) is 56.1 Å². The van der Waals surface area contributed by atoms with Crippen LogP contribution in [0.25, 0.3) is 0 Å². The van der Waals surface area contributed by atoms with Gasteiger partial charge in [-0.2, -0.15) is 0 Å². The third kappa shape index (κ3) is 3.14. The zero-order valence-corrected chi connectivity index (χ0v) is 12.4. The molecule has 0 aromatic heterocycles. The van der Waals surface area contributed by atoms with E-state index in [-0.39, 0.29) is 5.91 Å². The highest BCUT2D eigenvalue weighted by Crippen LogP contribution is 2.38. The van der Waals surface area contributed by atoms with Crippen LogP contribution in [0.3, 0.4) is 0 Å². The molecule has 0 heterocycles. The van der Waals surface area contributed by atoms with Gasteiger partial charge in [0.15, 0.2) is 0 Å². The van der Waals surface area contributed by atoms with Gasteiger partial charge in [-0.25, -0.2) is 0 Å². The Hall–Kier alpha value is -1.51. The van der Waals surface area contributed by atoms with Crippen molar-refractivity contribution in [1.82, 2.24) is 4.90 Å². The summed E-state index contributed by atoms with van der Waals surface area (Å²) >= 11 is 0. The van der Waals surface area contributed by atoms with Gasteiger partial charge in [-0.3, -0.25) is 4.79 Å². The maximum absolute atomic E-state index is 12.3. The Bertz CT molecular complexity index is 502. The molecule has 2 aliphatic rings. The summed E-state index contributed by atoms with van der Waals surface area (Å²) in [5.74, 6) is 2.49. The molecule has 3 nitrogen and oxygen atoms in total. The van der Waals surface area contributed by atoms with Crippen molar-refractivity contribution in [3.63, 3.8) is 0 Å². The van der Waals surface area contributed by atoms with E-state index in [1.807, 2.05) is 18.2 Å². The molecule has 3 rings (SSSR count). The summed E-state index contributed by atoms with van der Waals surface area (Å²) in [6.07, 6.45) is 6.12. The molecule has 0 saturated heterocycles. The van der Waals surface area contributed by atoms with E-state index in [1.165, 1.54) is 25.7 Å². The summed E-state index contributed by atoms with van der Waals surface area (Å²) in [5.41, 5.74) is 1.93. The fraction of sp³-hybridized carbons (Fsp3) is 0.588. The van der Waals surface area contributed by atoms with Crippen molar-refractivity contribution in [3.8, 4) is 5.75 Å². The number of hydrogen-bond acceptors (Lipinski definition) is 2. The van der Waals surface area contributed by atoms with Crippen LogP contribution in [0.5, 0.6) is 5.75 Å². The fourth-order valence-corrected chi connectivity index (χ4v) is 2.46. The SMILES string of the molecule is CN(C)C(=O)c1cccc(OCC2CC2)c1CC1CC1. The number of hydrogen-bond donors (Lipinski definition) is 0. The van der Waals surface area contributed by atoms with Crippen molar-refractivity contribution in [2.24, 2.45) is 11.8 Å². The summed E-state index contributed by atoms with van der Waals surface area (Å²) in [4.78, 5) is 14.0. The minimum Gasteiger partial charge on any atom is -0.493 e. The summed E-state index contributed by atoms with van der Waals surface area (Å²) in [5, 5.41) is 0. The zero-order chi connectivity index (χ0) is 14.1. The minimum absolute atomic E-state index is 0.0810. The van der Waals surface area contributed by atoms with Gasteiger partial charge in [0.05, 0.1) is 6.61 Å². The van der Waals surface area contributed by atoms with E-state index in [2.05, 4.69) is 0 Å². The molecule has 3 heteroatoms. The van der Waals surface area contributed by atoms with E-state index in [0.717, 1.165) is 41.7 Å². The Balaban J connectivity index is 1.85. The predicted octanol–water partition coefficient (Wildman–Crippen LogP) is 3.13. The molecule has 108 valence electrons. The maximum Gasteiger partial charge on any atom is 0.253 e. The molecule has 2 aliphatic carbocycles. The summed E-state index contributed by atoms with van der Waals surface area (Å²) in [7, 11) is 3.61. The van der Waals surface area contributed by atoms with Crippen LogP contribution in [-0.2, 0) is 6.42 Å². The van der Waals surface area contributed by atoms with Gasteiger partial charge in [0.2, 0.25) is 0 Å². The molecule has 0 radical (unpaired) electrons. The van der Waals surface area contributed by atoms with Gasteiger partial charge in [-0.1, -0.05) is 6.07 Å². The Morgan fingerprint density at radius 3 is 2.50 bits per heavy atom. The minimum atomic E-state index is 0.0810. The molecule has 0 atom stereocenters. The first kappa shape index (κ1) is 13.5. The Labute approximate surface area is 120 Å². The number of carbonyl (C=O) groups excluding carboxylic acids is 1. The lowest BCUT2D eigenvalue weighted by Gasteiger charge is -2.17. The average Bonchev–Trinajstić information content (AvgIpc) is 3.31. The van der Waals surface area contributed by atoms with Gasteiger partial charge >= 0.3 is 0 Å². The van der Waals surface area contributed by atoms with Crippen molar-refractivity contribution < 1.29 is 9.53 Å². The molecule has 0 spiro atoms. The number of benzene rings is 1. The quantitative estimate of drug-likeness (QED) is 0.797. The number of rotatable bonds is 6. The van der Waals surface area contributed by atoms with Gasteiger partial charge < -0.3 is 9.64 Å². The summed E-state index contributed by atoms with van der Waals surface area (Å²) < 4.78 is 5.99. The van der Waals surface area contributed by atoms with E-state index in [1.54, 1.807) is 19.0 Å². The zero-order valence-electron chi connectivity index (χ0n) is 12.4. The molecule has 1 aromatic rings. The predicted molar refractivity (Wildman–Crippen MR) is 79.1 cm³/mol. The van der Waals surface area contributed by atoms with Crippen LogP contribution in [0, 0.1) is 11.8 Å². The Morgan fingerprint density at radius 1 is 1.20 bits per heavy atom. The summed E-state index contributed by atoms with van der Waals surface area (Å²) in [6, 6.07) is 5.89. The maximum atomic E-state index is 12.3. The molecule has 2 saturated carbocycles. The Morgan fingerprint density at radius 2 is 1.90 bits per heavy atom. The monoisotopic (exact) mass is 273 g/mol. The smallest absolute Gasteiger partial charge is 0.253 e. The Kier molecular flexibility index (Phi) is 3.68. The van der Waals surface area contributed by atoms with Crippen molar-refractivity contribution in [2.75, 3.05) is 20.7 Å². The number of ether oxygens (including phenoxy) is 1. The number of carbonyl (C=O) groups is 1. The van der Waals surface area contributed by atoms with Crippen LogP contribution >= 0.6 is 0 Å². The van der Waals surface area contributed by atoms with Crippen molar-refractivity contribution >= 4 is 5.91 Å². The standard InChI is InChI=1S/C17H23NO2/c1-18(2)17(19)14-4-3-5-16(20-11-13-8-9-13)15(14)10-12-6-7-12/h3-5,12-13H,6-11H2,1-2H3. The highest BCUT2D eigenvalue weighted by molar-refractivity contribution is 5.96. The van der Waals surface area contributed by atoms with Crippen LogP contribution in [0.4, 0.5) is 0 Å². The van der Waals surface area contributed by atoms with E-state index in [0.29, 0.717) is 0 Å². The topological polar surface area (TPSA) is 29.5 Å². The first-order chi connectivity index (χ1) is 9.65. The second-order valence-corrected chi connectivity index (χ2v) is 6.38. The van der Waals surface area contributed by atoms with Crippen LogP contribution in [0.2, 0.25) is 0 Å². The largest absolute Gasteiger partial charge is 0.493 e. The van der Waals surface area contributed by atoms with E-state index < -0.39 is 0 Å². The number of nitrogens with zero attached hydrogens (tertiary/aromatic N) is 1. The van der Waals surface area contributed by atoms with Gasteiger partial charge in [0.25, 0.3) is 5.91 Å². The lowest BCUT2D eigenvalue weighted by atomic mass is 10.00. The molecule has 2 fully saturated rings. The molecule has 0 unspecified atom stereocenters. The van der Waals surface area contributed by atoms with Crippen molar-refractivity contribution in [1.29, 1.82) is 0 Å². The van der Waals surface area contributed by atoms with E-state index in [9.17, 15) is 4.79 Å². The van der Waals surface area contributed by atoms with Crippen molar-refractivity contribution in [3.05, 3.63) is 29.3 Å². The lowest BCUT2D eigenvalue weighted by molar-refractivity contribution is 0.0826. The van der Waals surface area contributed by atoms with Crippen molar-refractivity contribution in [2.45, 2.75) is 32.1 Å². The van der Waals surface area contributed by atoms with Gasteiger partial charge in [0, 0.05) is 25.2 Å². The molecule has 0 bridgehead atoms. The fourth-order valence-electron chi connectivity index (χ4n) is 2.46. The second-order valence-electron chi connectivity index (χ2n) is 6.38. The molecule has 0 N–H and O–H groups in total. The van der Waals surface area contributed by atoms with E-state index >= 15 is 0 Å². The molecular formula is C17H23NO2. The third-order valence-electron chi connectivity index (χ3n) is 4.13. The van der Waals surface area contributed by atoms with Crippen LogP contribution < -0.4 is 4.74 Å². The van der Waals surface area contributed by atoms with Crippen LogP contribution in [0.15, 0.2) is 18.2 Å².